The molecule has 3 aromatic heterocycles. The lowest BCUT2D eigenvalue weighted by molar-refractivity contribution is -0.142. The quantitative estimate of drug-likeness (QED) is 0.323. The molecule has 12 heteroatoms. The number of hydrogen-bond acceptors (Lipinski definition) is 5. The van der Waals surface area contributed by atoms with E-state index < -0.39 is 23.6 Å². The maximum absolute atomic E-state index is 13.9. The van der Waals surface area contributed by atoms with Crippen LogP contribution in [0.4, 0.5) is 23.2 Å². The third kappa shape index (κ3) is 4.85. The first-order chi connectivity index (χ1) is 17.7. The van der Waals surface area contributed by atoms with Gasteiger partial charge in [-0.1, -0.05) is 18.2 Å². The first kappa shape index (κ1) is 24.0. The molecule has 0 saturated heterocycles. The number of halogens is 4. The average molecular weight is 510 g/mol. The summed E-state index contributed by atoms with van der Waals surface area (Å²) in [7, 11) is 1.47. The van der Waals surface area contributed by atoms with Crippen molar-refractivity contribution in [1.82, 2.24) is 24.4 Å². The average Bonchev–Trinajstić information content (AvgIpc) is 3.51. The minimum Gasteiger partial charge on any atom is -0.497 e. The third-order valence-corrected chi connectivity index (χ3v) is 5.57. The Balaban J connectivity index is 1.47. The van der Waals surface area contributed by atoms with Crippen molar-refractivity contribution in [2.75, 3.05) is 12.4 Å². The standard InChI is InChI=1S/C25H18F4N6O2/c1-37-18-8-6-15(7-9-18)21-10-22(25(27,28)29)35-23(33-21)19(12-31-35)24(36)32-17-11-30-34(14-17)13-16-4-2-3-5-20(16)26/h2-12,14H,13H2,1H3,(H,32,36). The number of amides is 1. The molecule has 0 atom stereocenters. The van der Waals surface area contributed by atoms with Gasteiger partial charge in [0.05, 0.1) is 37.4 Å². The molecule has 0 aliphatic rings. The van der Waals surface area contributed by atoms with Crippen molar-refractivity contribution in [2.24, 2.45) is 0 Å². The fourth-order valence-corrected chi connectivity index (χ4v) is 3.75. The highest BCUT2D eigenvalue weighted by Crippen LogP contribution is 2.33. The normalized spacial score (nSPS) is 11.6. The van der Waals surface area contributed by atoms with E-state index in [1.54, 1.807) is 42.5 Å². The van der Waals surface area contributed by atoms with Crippen molar-refractivity contribution in [3.63, 3.8) is 0 Å². The Hall–Kier alpha value is -4.74. The molecule has 8 nitrogen and oxygen atoms in total. The highest BCUT2D eigenvalue weighted by Gasteiger charge is 2.36. The first-order valence-electron chi connectivity index (χ1n) is 10.9. The van der Waals surface area contributed by atoms with Crippen LogP contribution in [0.15, 0.2) is 73.2 Å². The smallest absolute Gasteiger partial charge is 0.433 e. The van der Waals surface area contributed by atoms with E-state index in [0.717, 1.165) is 12.3 Å². The SMILES string of the molecule is COc1ccc(-c2cc(C(F)(F)F)n3ncc(C(=O)Nc4cnn(Cc5ccccc5F)c4)c3n2)cc1. The summed E-state index contributed by atoms with van der Waals surface area (Å²) >= 11 is 0. The second-order valence-electron chi connectivity index (χ2n) is 8.02. The van der Waals surface area contributed by atoms with Gasteiger partial charge in [-0.05, 0) is 36.4 Å². The van der Waals surface area contributed by atoms with Gasteiger partial charge in [0, 0.05) is 17.3 Å². The highest BCUT2D eigenvalue weighted by molar-refractivity contribution is 6.08. The second kappa shape index (κ2) is 9.37. The van der Waals surface area contributed by atoms with Crippen LogP contribution in [0, 0.1) is 5.82 Å². The monoisotopic (exact) mass is 510 g/mol. The van der Waals surface area contributed by atoms with Gasteiger partial charge >= 0.3 is 6.18 Å². The lowest BCUT2D eigenvalue weighted by Gasteiger charge is -2.12. The number of nitrogens with zero attached hydrogens (tertiary/aromatic N) is 5. The zero-order chi connectivity index (χ0) is 26.2. The van der Waals surface area contributed by atoms with Gasteiger partial charge in [-0.15, -0.1) is 0 Å². The number of benzene rings is 2. The van der Waals surface area contributed by atoms with Crippen molar-refractivity contribution in [3.8, 4) is 17.0 Å². The molecule has 3 heterocycles. The summed E-state index contributed by atoms with van der Waals surface area (Å²) in [4.78, 5) is 17.3. The second-order valence-corrected chi connectivity index (χ2v) is 8.02. The number of rotatable bonds is 6. The molecule has 37 heavy (non-hydrogen) atoms. The van der Waals surface area contributed by atoms with E-state index in [1.165, 1.54) is 30.3 Å². The number of nitrogens with one attached hydrogen (secondary N) is 1. The summed E-state index contributed by atoms with van der Waals surface area (Å²) in [6.07, 6.45) is -0.903. The number of hydrogen-bond donors (Lipinski definition) is 1. The summed E-state index contributed by atoms with van der Waals surface area (Å²) in [5.74, 6) is -0.595. The van der Waals surface area contributed by atoms with Crippen LogP contribution >= 0.6 is 0 Å². The van der Waals surface area contributed by atoms with Gasteiger partial charge in [0.1, 0.15) is 17.1 Å². The van der Waals surface area contributed by atoms with Crippen molar-refractivity contribution >= 4 is 17.2 Å². The van der Waals surface area contributed by atoms with E-state index in [1.807, 2.05) is 0 Å². The largest absolute Gasteiger partial charge is 0.497 e. The van der Waals surface area contributed by atoms with Crippen LogP contribution in [0.5, 0.6) is 5.75 Å². The van der Waals surface area contributed by atoms with Gasteiger partial charge in [-0.3, -0.25) is 9.48 Å². The van der Waals surface area contributed by atoms with Gasteiger partial charge in [-0.2, -0.15) is 23.4 Å². The van der Waals surface area contributed by atoms with Crippen LogP contribution in [0.2, 0.25) is 0 Å². The number of fused-ring (bicyclic) bond motifs is 1. The molecule has 5 aromatic rings. The molecule has 1 amide bonds. The van der Waals surface area contributed by atoms with E-state index >= 15 is 0 Å². The van der Waals surface area contributed by atoms with Crippen molar-refractivity contribution in [2.45, 2.75) is 12.7 Å². The summed E-state index contributed by atoms with van der Waals surface area (Å²) < 4.78 is 62.6. The molecule has 1 N–H and O–H groups in total. The lowest BCUT2D eigenvalue weighted by Crippen LogP contribution is -2.15. The van der Waals surface area contributed by atoms with Crippen LogP contribution in [0.25, 0.3) is 16.9 Å². The number of anilines is 1. The molecule has 0 saturated carbocycles. The Labute approximate surface area is 207 Å². The topological polar surface area (TPSA) is 86.3 Å². The van der Waals surface area contributed by atoms with E-state index in [2.05, 4.69) is 20.5 Å². The summed E-state index contributed by atoms with van der Waals surface area (Å²) in [6.45, 7) is 0.126. The third-order valence-electron chi connectivity index (χ3n) is 5.57. The number of ether oxygens (including phenoxy) is 1. The minimum atomic E-state index is -4.75. The number of aromatic nitrogens is 5. The van der Waals surface area contributed by atoms with E-state index in [0.29, 0.717) is 21.4 Å². The number of carbonyl (C=O) groups excluding carboxylic acids is 1. The Kier molecular flexibility index (Phi) is 6.07. The van der Waals surface area contributed by atoms with Crippen molar-refractivity contribution in [1.29, 1.82) is 0 Å². The van der Waals surface area contributed by atoms with E-state index in [9.17, 15) is 22.4 Å². The Morgan fingerprint density at radius 2 is 1.81 bits per heavy atom. The number of methoxy groups -OCH3 is 1. The van der Waals surface area contributed by atoms with Gasteiger partial charge in [0.2, 0.25) is 0 Å². The Morgan fingerprint density at radius 1 is 1.05 bits per heavy atom. The maximum atomic E-state index is 13.9. The van der Waals surface area contributed by atoms with Crippen LogP contribution in [0.1, 0.15) is 21.6 Å². The summed E-state index contributed by atoms with van der Waals surface area (Å²) in [6, 6.07) is 13.4. The minimum absolute atomic E-state index is 0.00901. The molecule has 0 unspecified atom stereocenters. The molecule has 188 valence electrons. The predicted molar refractivity (Wildman–Crippen MR) is 126 cm³/mol. The number of alkyl halides is 3. The molecule has 0 aliphatic heterocycles. The predicted octanol–water partition coefficient (Wildman–Crippen LogP) is 5.06. The zero-order valence-electron chi connectivity index (χ0n) is 19.2. The molecular formula is C25H18F4N6O2. The van der Waals surface area contributed by atoms with Crippen molar-refractivity contribution < 1.29 is 27.1 Å². The highest BCUT2D eigenvalue weighted by atomic mass is 19.4. The molecule has 0 radical (unpaired) electrons. The molecule has 0 spiro atoms. The molecular weight excluding hydrogens is 492 g/mol. The van der Waals surface area contributed by atoms with Gasteiger partial charge in [0.15, 0.2) is 11.3 Å². The molecule has 5 rings (SSSR count). The fraction of sp³-hybridized carbons (Fsp3) is 0.120. The fourth-order valence-electron chi connectivity index (χ4n) is 3.75. The summed E-state index contributed by atoms with van der Waals surface area (Å²) in [5, 5.41) is 10.5. The molecule has 2 aromatic carbocycles. The zero-order valence-corrected chi connectivity index (χ0v) is 19.2. The maximum Gasteiger partial charge on any atom is 0.433 e. The van der Waals surface area contributed by atoms with E-state index in [4.69, 9.17) is 4.74 Å². The van der Waals surface area contributed by atoms with Gasteiger partial charge in [0.25, 0.3) is 5.91 Å². The molecule has 0 aliphatic carbocycles. The Morgan fingerprint density at radius 3 is 2.51 bits per heavy atom. The first-order valence-corrected chi connectivity index (χ1v) is 10.9. The van der Waals surface area contributed by atoms with Gasteiger partial charge < -0.3 is 10.1 Å². The van der Waals surface area contributed by atoms with E-state index in [-0.39, 0.29) is 29.1 Å². The van der Waals surface area contributed by atoms with Crippen LogP contribution in [-0.2, 0) is 12.7 Å². The van der Waals surface area contributed by atoms with Crippen LogP contribution in [0.3, 0.4) is 0 Å². The number of carbonyl (C=O) groups is 1. The lowest BCUT2D eigenvalue weighted by atomic mass is 10.1. The molecule has 0 bridgehead atoms. The van der Waals surface area contributed by atoms with Crippen LogP contribution < -0.4 is 10.1 Å². The van der Waals surface area contributed by atoms with Crippen LogP contribution in [-0.4, -0.2) is 37.4 Å². The van der Waals surface area contributed by atoms with Crippen molar-refractivity contribution in [3.05, 3.63) is 95.8 Å². The summed E-state index contributed by atoms with van der Waals surface area (Å²) in [5.41, 5.74) is -0.436. The molecule has 0 fully saturated rings. The van der Waals surface area contributed by atoms with Gasteiger partial charge in [-0.25, -0.2) is 13.9 Å². The Bertz CT molecular complexity index is 1590.